The minimum absolute atomic E-state index is 0.271. The van der Waals surface area contributed by atoms with Gasteiger partial charge in [0.1, 0.15) is 6.10 Å². The average Bonchev–Trinajstić information content (AvgIpc) is 3.19. The molecular weight excluding hydrogens is 364 g/mol. The molecule has 7 nitrogen and oxygen atoms in total. The number of nitrogens with zero attached hydrogens (tertiary/aromatic N) is 3. The van der Waals surface area contributed by atoms with E-state index in [2.05, 4.69) is 15.5 Å². The molecule has 1 aromatic heterocycles. The lowest BCUT2D eigenvalue weighted by Crippen LogP contribution is -2.32. The summed E-state index contributed by atoms with van der Waals surface area (Å²) >= 11 is 11.3. The Labute approximate surface area is 155 Å². The van der Waals surface area contributed by atoms with Gasteiger partial charge >= 0.3 is 6.09 Å². The molecule has 1 aromatic carbocycles. The lowest BCUT2D eigenvalue weighted by molar-refractivity contribution is 0.143. The Morgan fingerprint density at radius 2 is 2.32 bits per heavy atom. The Kier molecular flexibility index (Phi) is 5.19. The molecule has 1 atom stereocenters. The van der Waals surface area contributed by atoms with Crippen molar-refractivity contribution in [1.29, 1.82) is 0 Å². The molecule has 0 bridgehead atoms. The second-order valence-corrected chi connectivity index (χ2v) is 6.61. The van der Waals surface area contributed by atoms with E-state index in [4.69, 9.17) is 33.1 Å². The van der Waals surface area contributed by atoms with E-state index in [-0.39, 0.29) is 6.10 Å². The van der Waals surface area contributed by atoms with Crippen LogP contribution >= 0.6 is 23.8 Å². The molecule has 2 heterocycles. The van der Waals surface area contributed by atoms with Gasteiger partial charge in [0.15, 0.2) is 5.82 Å². The zero-order chi connectivity index (χ0) is 18.0. The van der Waals surface area contributed by atoms with E-state index >= 15 is 0 Å². The zero-order valence-corrected chi connectivity index (χ0v) is 15.4. The number of amides is 1. The number of carbonyl (C=O) groups is 1. The van der Waals surface area contributed by atoms with E-state index in [0.717, 1.165) is 0 Å². The second kappa shape index (κ2) is 7.37. The molecule has 1 fully saturated rings. The standard InChI is InChI=1S/C16H17ClN4O3S/c1-3-14-19-15(24-20-14)12-5-4-10(6-13(12)17)21-8-11(23-16(21)22)7-18-9(2)25/h4-6,11H,3,7-8H2,1-2H3,(H,18,25). The maximum atomic E-state index is 12.1. The van der Waals surface area contributed by atoms with Crippen LogP contribution in [0.15, 0.2) is 22.7 Å². The average molecular weight is 381 g/mol. The van der Waals surface area contributed by atoms with Crippen molar-refractivity contribution in [2.45, 2.75) is 26.4 Å². The van der Waals surface area contributed by atoms with Gasteiger partial charge in [0.05, 0.1) is 28.7 Å². The van der Waals surface area contributed by atoms with Gasteiger partial charge in [-0.15, -0.1) is 0 Å². The lowest BCUT2D eigenvalue weighted by atomic mass is 10.2. The summed E-state index contributed by atoms with van der Waals surface area (Å²) in [6, 6.07) is 5.22. The molecule has 25 heavy (non-hydrogen) atoms. The largest absolute Gasteiger partial charge is 0.442 e. The smallest absolute Gasteiger partial charge is 0.414 e. The summed E-state index contributed by atoms with van der Waals surface area (Å²) < 4.78 is 10.5. The quantitative estimate of drug-likeness (QED) is 0.797. The van der Waals surface area contributed by atoms with Gasteiger partial charge in [-0.25, -0.2) is 4.79 Å². The Morgan fingerprint density at radius 1 is 1.52 bits per heavy atom. The number of benzene rings is 1. The molecule has 3 rings (SSSR count). The van der Waals surface area contributed by atoms with Crippen LogP contribution in [0, 0.1) is 0 Å². The first-order valence-electron chi connectivity index (χ1n) is 7.83. The van der Waals surface area contributed by atoms with Gasteiger partial charge < -0.3 is 14.6 Å². The molecule has 1 amide bonds. The maximum absolute atomic E-state index is 12.1. The summed E-state index contributed by atoms with van der Waals surface area (Å²) in [6.07, 6.45) is -0.00859. The molecule has 1 aliphatic rings. The van der Waals surface area contributed by atoms with Gasteiger partial charge in [0.2, 0.25) is 0 Å². The number of carbonyl (C=O) groups excluding carboxylic acids is 1. The summed E-state index contributed by atoms with van der Waals surface area (Å²) in [5, 5.41) is 7.29. The number of aryl methyl sites for hydroxylation is 1. The predicted octanol–water partition coefficient (Wildman–Crippen LogP) is 3.21. The fourth-order valence-electron chi connectivity index (χ4n) is 2.45. The van der Waals surface area contributed by atoms with Gasteiger partial charge in [0.25, 0.3) is 5.89 Å². The number of rotatable bonds is 5. The van der Waals surface area contributed by atoms with Crippen LogP contribution in [0.3, 0.4) is 0 Å². The fraction of sp³-hybridized carbons (Fsp3) is 0.375. The van der Waals surface area contributed by atoms with Crippen LogP contribution in [-0.4, -0.2) is 40.4 Å². The Bertz CT molecular complexity index is 810. The Morgan fingerprint density at radius 3 is 2.96 bits per heavy atom. The summed E-state index contributed by atoms with van der Waals surface area (Å²) in [4.78, 5) is 18.6. The van der Waals surface area contributed by atoms with Crippen LogP contribution in [0.2, 0.25) is 5.02 Å². The summed E-state index contributed by atoms with van der Waals surface area (Å²) in [7, 11) is 0. The van der Waals surface area contributed by atoms with Crippen LogP contribution < -0.4 is 10.2 Å². The van der Waals surface area contributed by atoms with Crippen LogP contribution in [0.1, 0.15) is 19.7 Å². The SMILES string of the molecule is CCc1noc(-c2ccc(N3CC(CNC(C)=S)OC3=O)cc2Cl)n1. The number of thiocarbonyl (C=S) groups is 1. The first-order chi connectivity index (χ1) is 12.0. The third kappa shape index (κ3) is 3.91. The van der Waals surface area contributed by atoms with Crippen molar-refractivity contribution in [1.82, 2.24) is 15.5 Å². The van der Waals surface area contributed by atoms with Crippen molar-refractivity contribution in [3.05, 3.63) is 29.0 Å². The number of nitrogens with one attached hydrogen (secondary N) is 1. The molecule has 0 aliphatic carbocycles. The molecule has 0 saturated carbocycles. The normalized spacial score (nSPS) is 16.8. The minimum Gasteiger partial charge on any atom is -0.442 e. The summed E-state index contributed by atoms with van der Waals surface area (Å²) in [5.74, 6) is 0.971. The van der Waals surface area contributed by atoms with Crippen molar-refractivity contribution < 1.29 is 14.1 Å². The monoisotopic (exact) mass is 380 g/mol. The van der Waals surface area contributed by atoms with Gasteiger partial charge in [-0.3, -0.25) is 4.90 Å². The van der Waals surface area contributed by atoms with Gasteiger partial charge in [-0.2, -0.15) is 4.98 Å². The predicted molar refractivity (Wildman–Crippen MR) is 98.0 cm³/mol. The van der Waals surface area contributed by atoms with Crippen molar-refractivity contribution in [2.24, 2.45) is 0 Å². The van der Waals surface area contributed by atoms with Crippen LogP contribution in [0.25, 0.3) is 11.5 Å². The van der Waals surface area contributed by atoms with Crippen LogP contribution in [0.5, 0.6) is 0 Å². The molecule has 0 radical (unpaired) electrons. The number of hydrogen-bond donors (Lipinski definition) is 1. The van der Waals surface area contributed by atoms with Crippen molar-refractivity contribution in [2.75, 3.05) is 18.0 Å². The molecular formula is C16H17ClN4O3S. The molecule has 1 saturated heterocycles. The van der Waals surface area contributed by atoms with E-state index in [1.54, 1.807) is 25.1 Å². The molecule has 0 spiro atoms. The lowest BCUT2D eigenvalue weighted by Gasteiger charge is -2.14. The highest BCUT2D eigenvalue weighted by atomic mass is 35.5. The first kappa shape index (κ1) is 17.6. The third-order valence-corrected chi connectivity index (χ3v) is 4.19. The number of ether oxygens (including phenoxy) is 1. The van der Waals surface area contributed by atoms with E-state index in [1.165, 1.54) is 4.90 Å². The van der Waals surface area contributed by atoms with Crippen LogP contribution in [0.4, 0.5) is 10.5 Å². The number of cyclic esters (lactones) is 1. The van der Waals surface area contributed by atoms with Crippen LogP contribution in [-0.2, 0) is 11.2 Å². The molecule has 132 valence electrons. The van der Waals surface area contributed by atoms with Crippen molar-refractivity contribution in [3.63, 3.8) is 0 Å². The van der Waals surface area contributed by atoms with E-state index in [1.807, 2.05) is 6.92 Å². The Hall–Kier alpha value is -2.19. The molecule has 1 N–H and O–H groups in total. The molecule has 1 unspecified atom stereocenters. The minimum atomic E-state index is -0.413. The van der Waals surface area contributed by atoms with Gasteiger partial charge in [-0.05, 0) is 25.1 Å². The van der Waals surface area contributed by atoms with E-state index < -0.39 is 6.09 Å². The number of aromatic nitrogens is 2. The maximum Gasteiger partial charge on any atom is 0.414 e. The number of hydrogen-bond acceptors (Lipinski definition) is 6. The topological polar surface area (TPSA) is 80.5 Å². The highest BCUT2D eigenvalue weighted by Crippen LogP contribution is 2.32. The number of halogens is 1. The van der Waals surface area contributed by atoms with Crippen molar-refractivity contribution >= 4 is 40.6 Å². The second-order valence-electron chi connectivity index (χ2n) is 5.59. The van der Waals surface area contributed by atoms with E-state index in [0.29, 0.717) is 52.5 Å². The zero-order valence-electron chi connectivity index (χ0n) is 13.8. The third-order valence-electron chi connectivity index (χ3n) is 3.73. The van der Waals surface area contributed by atoms with E-state index in [9.17, 15) is 4.79 Å². The molecule has 2 aromatic rings. The Balaban J connectivity index is 1.76. The number of anilines is 1. The molecule has 9 heteroatoms. The van der Waals surface area contributed by atoms with Gasteiger partial charge in [-0.1, -0.05) is 35.9 Å². The highest BCUT2D eigenvalue weighted by molar-refractivity contribution is 7.80. The summed E-state index contributed by atoms with van der Waals surface area (Å²) in [6.45, 7) is 4.62. The van der Waals surface area contributed by atoms with Crippen molar-refractivity contribution in [3.8, 4) is 11.5 Å². The highest BCUT2D eigenvalue weighted by Gasteiger charge is 2.32. The summed E-state index contributed by atoms with van der Waals surface area (Å²) in [5.41, 5.74) is 1.27. The van der Waals surface area contributed by atoms with Gasteiger partial charge in [0, 0.05) is 12.1 Å². The fourth-order valence-corrected chi connectivity index (χ4v) is 2.79. The molecule has 1 aliphatic heterocycles. The first-order valence-corrected chi connectivity index (χ1v) is 8.61.